The van der Waals surface area contributed by atoms with Gasteiger partial charge in [0.1, 0.15) is 16.9 Å². The van der Waals surface area contributed by atoms with Gasteiger partial charge in [0.15, 0.2) is 0 Å². The van der Waals surface area contributed by atoms with Crippen molar-refractivity contribution in [3.8, 4) is 22.6 Å². The Morgan fingerprint density at radius 1 is 0.610 bits per heavy atom. The molecule has 8 aromatic rings. The van der Waals surface area contributed by atoms with Crippen LogP contribution in [0.1, 0.15) is 0 Å². The van der Waals surface area contributed by atoms with E-state index in [1.54, 1.807) is 0 Å². The zero-order valence-electron chi connectivity index (χ0n) is 21.8. The van der Waals surface area contributed by atoms with Crippen LogP contribution in [0, 0.1) is 0 Å². The standard InChI is InChI=1S/C35H20BN3O2/c1-4-10-29-24(8-1)25-9-2-5-11-30(25)38(29)21-13-14-33-26(17-21)27-18-32-35(19-34(27)40-33)41-36-28-20-37-16-15-22(28)23-7-3-6-12-31(23)39(32)36/h1-20H. The summed E-state index contributed by atoms with van der Waals surface area (Å²) in [5.74, 6) is 0.815. The smallest absolute Gasteiger partial charge is 0.526 e. The van der Waals surface area contributed by atoms with E-state index in [0.29, 0.717) is 0 Å². The molecule has 2 aliphatic heterocycles. The van der Waals surface area contributed by atoms with Crippen LogP contribution in [-0.4, -0.2) is 16.6 Å². The van der Waals surface area contributed by atoms with Crippen molar-refractivity contribution in [3.63, 3.8) is 0 Å². The minimum Gasteiger partial charge on any atom is -0.536 e. The first-order valence-corrected chi connectivity index (χ1v) is 13.8. The molecule has 41 heavy (non-hydrogen) atoms. The largest absolute Gasteiger partial charge is 0.536 e. The fourth-order valence-electron chi connectivity index (χ4n) is 6.92. The normalized spacial score (nSPS) is 13.5. The van der Waals surface area contributed by atoms with E-state index in [9.17, 15) is 0 Å². The van der Waals surface area contributed by atoms with Crippen molar-refractivity contribution in [2.45, 2.75) is 0 Å². The summed E-state index contributed by atoms with van der Waals surface area (Å²) in [4.78, 5) is 6.73. The van der Waals surface area contributed by atoms with Gasteiger partial charge in [-0.1, -0.05) is 54.6 Å². The lowest BCUT2D eigenvalue weighted by Crippen LogP contribution is -2.50. The summed E-state index contributed by atoms with van der Waals surface area (Å²) >= 11 is 0. The van der Waals surface area contributed by atoms with Gasteiger partial charge in [0.2, 0.25) is 0 Å². The van der Waals surface area contributed by atoms with Gasteiger partial charge in [-0.05, 0) is 54.1 Å². The maximum absolute atomic E-state index is 6.60. The number of anilines is 2. The number of hydrogen-bond donors (Lipinski definition) is 0. The molecular formula is C35H20BN3O2. The van der Waals surface area contributed by atoms with Crippen LogP contribution in [0.15, 0.2) is 126 Å². The number of nitrogens with zero attached hydrogens (tertiary/aromatic N) is 3. The number of aromatic nitrogens is 2. The third kappa shape index (κ3) is 2.73. The number of fused-ring (bicyclic) bond motifs is 14. The summed E-state index contributed by atoms with van der Waals surface area (Å²) in [5.41, 5.74) is 10.7. The molecule has 0 N–H and O–H groups in total. The number of hydrogen-bond acceptors (Lipinski definition) is 4. The molecule has 5 nitrogen and oxygen atoms in total. The molecule has 5 heterocycles. The monoisotopic (exact) mass is 525 g/mol. The second-order valence-electron chi connectivity index (χ2n) is 10.8. The van der Waals surface area contributed by atoms with Crippen molar-refractivity contribution in [1.82, 2.24) is 9.55 Å². The van der Waals surface area contributed by atoms with Crippen molar-refractivity contribution in [1.29, 1.82) is 0 Å². The summed E-state index contributed by atoms with van der Waals surface area (Å²) in [6.45, 7) is 0. The Labute approximate surface area is 235 Å². The van der Waals surface area contributed by atoms with E-state index in [1.165, 1.54) is 27.4 Å². The van der Waals surface area contributed by atoms with Crippen molar-refractivity contribution >= 4 is 67.6 Å². The molecule has 0 saturated heterocycles. The average Bonchev–Trinajstić information content (AvgIpc) is 3.69. The van der Waals surface area contributed by atoms with Gasteiger partial charge < -0.3 is 18.4 Å². The van der Waals surface area contributed by atoms with Crippen molar-refractivity contribution < 1.29 is 9.07 Å². The average molecular weight is 525 g/mol. The van der Waals surface area contributed by atoms with E-state index in [0.717, 1.165) is 55.8 Å². The maximum atomic E-state index is 6.60. The van der Waals surface area contributed by atoms with Crippen LogP contribution in [0.4, 0.5) is 11.4 Å². The Bertz CT molecular complexity index is 2330. The first kappa shape index (κ1) is 21.4. The van der Waals surface area contributed by atoms with Crippen LogP contribution in [-0.2, 0) is 0 Å². The van der Waals surface area contributed by atoms with Gasteiger partial charge in [0, 0.05) is 62.4 Å². The Hall–Kier alpha value is -5.49. The third-order valence-electron chi connectivity index (χ3n) is 8.68. The Morgan fingerprint density at radius 2 is 1.37 bits per heavy atom. The molecule has 0 aliphatic carbocycles. The van der Waals surface area contributed by atoms with E-state index >= 15 is 0 Å². The van der Waals surface area contributed by atoms with Gasteiger partial charge in [0.05, 0.1) is 16.7 Å². The predicted octanol–water partition coefficient (Wildman–Crippen LogP) is 7.98. The highest BCUT2D eigenvalue weighted by atomic mass is 16.5. The second-order valence-corrected chi connectivity index (χ2v) is 10.8. The topological polar surface area (TPSA) is 43.4 Å². The minimum absolute atomic E-state index is 0.269. The molecule has 0 fully saturated rings. The molecule has 0 saturated carbocycles. The molecule has 0 unspecified atom stereocenters. The van der Waals surface area contributed by atoms with Gasteiger partial charge in [-0.3, -0.25) is 4.98 Å². The first-order chi connectivity index (χ1) is 20.3. The lowest BCUT2D eigenvalue weighted by molar-refractivity contribution is 0.599. The quantitative estimate of drug-likeness (QED) is 0.204. The van der Waals surface area contributed by atoms with Crippen LogP contribution >= 0.6 is 0 Å². The van der Waals surface area contributed by atoms with Crippen LogP contribution in [0.2, 0.25) is 0 Å². The van der Waals surface area contributed by atoms with Gasteiger partial charge in [-0.2, -0.15) is 0 Å². The summed E-state index contributed by atoms with van der Waals surface area (Å²) in [5, 5.41) is 4.65. The van der Waals surface area contributed by atoms with Crippen LogP contribution < -0.4 is 14.9 Å². The van der Waals surface area contributed by atoms with Gasteiger partial charge in [0.25, 0.3) is 0 Å². The molecule has 0 radical (unpaired) electrons. The van der Waals surface area contributed by atoms with Gasteiger partial charge >= 0.3 is 7.05 Å². The predicted molar refractivity (Wildman–Crippen MR) is 166 cm³/mol. The Balaban J connectivity index is 1.21. The van der Waals surface area contributed by atoms with Gasteiger partial charge in [-0.25, -0.2) is 0 Å². The van der Waals surface area contributed by atoms with E-state index in [1.807, 2.05) is 18.5 Å². The van der Waals surface area contributed by atoms with E-state index < -0.39 is 0 Å². The van der Waals surface area contributed by atoms with Crippen LogP contribution in [0.5, 0.6) is 5.75 Å². The fourth-order valence-corrected chi connectivity index (χ4v) is 6.92. The summed E-state index contributed by atoms with van der Waals surface area (Å²) in [6, 6.07) is 38.6. The summed E-state index contributed by atoms with van der Waals surface area (Å²) < 4.78 is 15.3. The Kier molecular flexibility index (Phi) is 3.95. The lowest BCUT2D eigenvalue weighted by Gasteiger charge is -2.30. The highest BCUT2D eigenvalue weighted by Gasteiger charge is 2.45. The minimum atomic E-state index is -0.269. The van der Waals surface area contributed by atoms with E-state index in [4.69, 9.17) is 9.07 Å². The van der Waals surface area contributed by atoms with Crippen LogP contribution in [0.3, 0.4) is 0 Å². The second kappa shape index (κ2) is 7.58. The van der Waals surface area contributed by atoms with E-state index in [-0.39, 0.29) is 7.05 Å². The van der Waals surface area contributed by atoms with Crippen LogP contribution in [0.25, 0.3) is 60.6 Å². The molecule has 0 spiro atoms. The number of furan rings is 1. The molecular weight excluding hydrogens is 505 g/mol. The molecule has 0 amide bonds. The van der Waals surface area contributed by atoms with E-state index in [2.05, 4.69) is 117 Å². The first-order valence-electron chi connectivity index (χ1n) is 13.8. The zero-order chi connectivity index (χ0) is 26.7. The molecule has 0 bridgehead atoms. The number of pyridine rings is 1. The molecule has 0 atom stereocenters. The fraction of sp³-hybridized carbons (Fsp3) is 0. The highest BCUT2D eigenvalue weighted by molar-refractivity contribution is 6.77. The molecule has 190 valence electrons. The van der Waals surface area contributed by atoms with Gasteiger partial charge in [-0.15, -0.1) is 0 Å². The number of para-hydroxylation sites is 3. The SMILES string of the molecule is c1ccc2c(c1)-c1ccncc1B1Oc3cc4oc5ccc(-n6c7ccccc7c7ccccc76)cc5c4cc3N12. The van der Waals surface area contributed by atoms with Crippen molar-refractivity contribution in [2.75, 3.05) is 4.81 Å². The number of rotatable bonds is 1. The third-order valence-corrected chi connectivity index (χ3v) is 8.68. The molecule has 5 aromatic carbocycles. The van der Waals surface area contributed by atoms with Crippen molar-refractivity contribution in [2.24, 2.45) is 0 Å². The highest BCUT2D eigenvalue weighted by Crippen LogP contribution is 2.49. The molecule has 3 aromatic heterocycles. The molecule has 6 heteroatoms. The molecule has 2 aliphatic rings. The summed E-state index contributed by atoms with van der Waals surface area (Å²) in [6.07, 6.45) is 3.77. The maximum Gasteiger partial charge on any atom is 0.526 e. The Morgan fingerprint density at radius 3 is 2.22 bits per heavy atom. The summed E-state index contributed by atoms with van der Waals surface area (Å²) in [7, 11) is -0.269. The zero-order valence-corrected chi connectivity index (χ0v) is 21.8. The molecule has 10 rings (SSSR count). The lowest BCUT2D eigenvalue weighted by atomic mass is 9.65. The van der Waals surface area contributed by atoms with Crippen molar-refractivity contribution in [3.05, 3.63) is 122 Å². The number of benzene rings is 5.